The molecule has 4 heterocycles. The number of carbonyl (C=O) groups excluding carboxylic acids is 1. The molecule has 0 saturated carbocycles. The Kier molecular flexibility index (Phi) is 9.75. The van der Waals surface area contributed by atoms with Gasteiger partial charge in [-0.3, -0.25) is 14.7 Å². The molecule has 2 aromatic rings. The fraction of sp³-hybridized carbons (Fsp3) is 0.450. The Morgan fingerprint density at radius 1 is 0.917 bits per heavy atom. The van der Waals surface area contributed by atoms with Crippen molar-refractivity contribution >= 4 is 29.2 Å². The van der Waals surface area contributed by atoms with E-state index in [0.717, 1.165) is 38.4 Å². The first-order valence-corrected chi connectivity index (χ1v) is 11.0. The van der Waals surface area contributed by atoms with E-state index in [9.17, 15) is 31.1 Å². The summed E-state index contributed by atoms with van der Waals surface area (Å²) in [6.45, 7) is 4.75. The lowest BCUT2D eigenvalue weighted by molar-refractivity contribution is -0.193. The van der Waals surface area contributed by atoms with Crippen LogP contribution in [0, 0.1) is 11.8 Å². The molecule has 36 heavy (non-hydrogen) atoms. The Labute approximate surface area is 204 Å². The molecular formula is C20H20F6N4O5S. The van der Waals surface area contributed by atoms with Crippen molar-refractivity contribution in [3.05, 3.63) is 46.7 Å². The van der Waals surface area contributed by atoms with E-state index in [2.05, 4.69) is 20.9 Å². The summed E-state index contributed by atoms with van der Waals surface area (Å²) >= 11 is 1.48. The van der Waals surface area contributed by atoms with Crippen LogP contribution in [0.1, 0.15) is 16.2 Å². The van der Waals surface area contributed by atoms with Crippen LogP contribution in [-0.4, -0.2) is 86.4 Å². The van der Waals surface area contributed by atoms with Crippen molar-refractivity contribution in [1.82, 2.24) is 19.8 Å². The summed E-state index contributed by atoms with van der Waals surface area (Å²) in [5.74, 6) is -4.25. The smallest absolute Gasteiger partial charge is 0.475 e. The molecule has 4 rings (SSSR count). The van der Waals surface area contributed by atoms with Gasteiger partial charge in [0.1, 0.15) is 5.69 Å². The fourth-order valence-electron chi connectivity index (χ4n) is 3.59. The van der Waals surface area contributed by atoms with E-state index in [-0.39, 0.29) is 5.91 Å². The van der Waals surface area contributed by atoms with Crippen LogP contribution in [0.25, 0.3) is 0 Å². The maximum atomic E-state index is 12.4. The number of amides is 1. The second-order valence-corrected chi connectivity index (χ2v) is 8.44. The number of thiazole rings is 1. The topological polar surface area (TPSA) is 124 Å². The van der Waals surface area contributed by atoms with Gasteiger partial charge in [0.15, 0.2) is 0 Å². The summed E-state index contributed by atoms with van der Waals surface area (Å²) in [6, 6.07) is 6.06. The van der Waals surface area contributed by atoms with Crippen molar-refractivity contribution in [2.75, 3.05) is 26.2 Å². The molecule has 1 amide bonds. The van der Waals surface area contributed by atoms with Crippen molar-refractivity contribution in [1.29, 1.82) is 0 Å². The van der Waals surface area contributed by atoms with E-state index in [4.69, 9.17) is 19.8 Å². The number of carboxylic acids is 2. The third kappa shape index (κ3) is 8.75. The first kappa shape index (κ1) is 29.0. The van der Waals surface area contributed by atoms with Crippen molar-refractivity contribution in [2.24, 2.45) is 11.8 Å². The van der Waals surface area contributed by atoms with Crippen LogP contribution in [0.2, 0.25) is 0 Å². The number of aromatic nitrogens is 2. The number of halogens is 6. The zero-order valence-corrected chi connectivity index (χ0v) is 19.1. The molecule has 2 aliphatic heterocycles. The van der Waals surface area contributed by atoms with Gasteiger partial charge in [0.25, 0.3) is 5.91 Å². The van der Waals surface area contributed by atoms with E-state index >= 15 is 0 Å². The molecule has 2 saturated heterocycles. The summed E-state index contributed by atoms with van der Waals surface area (Å²) in [5.41, 5.74) is 3.44. The predicted octanol–water partition coefficient (Wildman–Crippen LogP) is 3.01. The van der Waals surface area contributed by atoms with Gasteiger partial charge < -0.3 is 15.1 Å². The maximum Gasteiger partial charge on any atom is 0.490 e. The molecule has 2 unspecified atom stereocenters. The molecule has 0 bridgehead atoms. The summed E-state index contributed by atoms with van der Waals surface area (Å²) in [7, 11) is 0. The molecule has 2 fully saturated rings. The minimum atomic E-state index is -5.08. The highest BCUT2D eigenvalue weighted by Gasteiger charge is 2.42. The average molecular weight is 542 g/mol. The van der Waals surface area contributed by atoms with Gasteiger partial charge in [-0.2, -0.15) is 26.3 Å². The molecule has 0 aromatic carbocycles. The van der Waals surface area contributed by atoms with Gasteiger partial charge in [0, 0.05) is 44.3 Å². The van der Waals surface area contributed by atoms with E-state index in [0.29, 0.717) is 17.5 Å². The van der Waals surface area contributed by atoms with Crippen molar-refractivity contribution in [2.45, 2.75) is 18.9 Å². The standard InChI is InChI=1S/C16H18N4OS.2C2HF3O2/c21-16(15-10-22-11-18-15)20-7-12-5-19(6-13(12)8-20)9-14-3-1-2-4-17-14;2*3-2(4,5)1(6)7/h1-4,10-13H,5-9H2;2*(H,6,7). The highest BCUT2D eigenvalue weighted by atomic mass is 32.1. The number of carbonyl (C=O) groups is 3. The van der Waals surface area contributed by atoms with Gasteiger partial charge in [-0.05, 0) is 24.0 Å². The molecule has 2 aromatic heterocycles. The van der Waals surface area contributed by atoms with E-state index in [1.807, 2.05) is 28.6 Å². The van der Waals surface area contributed by atoms with E-state index in [1.54, 1.807) is 5.51 Å². The lowest BCUT2D eigenvalue weighted by Crippen LogP contribution is -2.33. The fourth-order valence-corrected chi connectivity index (χ4v) is 4.11. The largest absolute Gasteiger partial charge is 0.490 e. The summed E-state index contributed by atoms with van der Waals surface area (Å²) in [4.78, 5) is 43.1. The first-order chi connectivity index (χ1) is 16.7. The maximum absolute atomic E-state index is 12.4. The lowest BCUT2D eigenvalue weighted by atomic mass is 10.0. The average Bonchev–Trinajstić information content (AvgIpc) is 3.50. The number of likely N-dealkylation sites (tertiary alicyclic amines) is 2. The van der Waals surface area contributed by atoms with Crippen LogP contribution in [-0.2, 0) is 16.1 Å². The molecular weight excluding hydrogens is 522 g/mol. The van der Waals surface area contributed by atoms with E-state index < -0.39 is 24.3 Å². The van der Waals surface area contributed by atoms with Crippen molar-refractivity contribution in [3.63, 3.8) is 0 Å². The van der Waals surface area contributed by atoms with Crippen LogP contribution < -0.4 is 0 Å². The number of rotatable bonds is 3. The Morgan fingerprint density at radius 2 is 1.44 bits per heavy atom. The number of nitrogens with zero attached hydrogens (tertiary/aromatic N) is 4. The molecule has 198 valence electrons. The second-order valence-electron chi connectivity index (χ2n) is 7.72. The number of aliphatic carboxylic acids is 2. The quantitative estimate of drug-likeness (QED) is 0.568. The van der Waals surface area contributed by atoms with Crippen LogP contribution >= 0.6 is 11.3 Å². The molecule has 2 atom stereocenters. The van der Waals surface area contributed by atoms with Gasteiger partial charge in [-0.25, -0.2) is 14.6 Å². The van der Waals surface area contributed by atoms with Gasteiger partial charge in [-0.1, -0.05) is 6.07 Å². The molecule has 0 aliphatic carbocycles. The Balaban J connectivity index is 0.000000271. The van der Waals surface area contributed by atoms with Crippen molar-refractivity contribution < 1.29 is 50.9 Å². The predicted molar refractivity (Wildman–Crippen MR) is 112 cm³/mol. The van der Waals surface area contributed by atoms with Crippen LogP contribution in [0.3, 0.4) is 0 Å². The number of hydrogen-bond donors (Lipinski definition) is 2. The number of alkyl halides is 6. The Hall–Kier alpha value is -3.27. The summed E-state index contributed by atoms with van der Waals surface area (Å²) in [6.07, 6.45) is -8.32. The van der Waals surface area contributed by atoms with E-state index in [1.165, 1.54) is 11.3 Å². The Morgan fingerprint density at radius 3 is 1.83 bits per heavy atom. The third-order valence-electron chi connectivity index (χ3n) is 5.10. The normalized spacial score (nSPS) is 19.4. The van der Waals surface area contributed by atoms with Crippen LogP contribution in [0.15, 0.2) is 35.3 Å². The number of fused-ring (bicyclic) bond motifs is 1. The zero-order valence-electron chi connectivity index (χ0n) is 18.2. The SMILES string of the molecule is O=C(O)C(F)(F)F.O=C(O)C(F)(F)F.O=C(c1cscn1)N1CC2CN(Cc3ccccn3)CC2C1. The number of pyridine rings is 1. The molecule has 0 spiro atoms. The van der Waals surface area contributed by atoms with Gasteiger partial charge >= 0.3 is 24.3 Å². The van der Waals surface area contributed by atoms with Gasteiger partial charge in [0.05, 0.1) is 11.2 Å². The lowest BCUT2D eigenvalue weighted by Gasteiger charge is -2.20. The molecule has 9 nitrogen and oxygen atoms in total. The minimum absolute atomic E-state index is 0.0897. The summed E-state index contributed by atoms with van der Waals surface area (Å²) < 4.78 is 63.5. The second kappa shape index (κ2) is 12.1. The summed E-state index contributed by atoms with van der Waals surface area (Å²) in [5, 5.41) is 16.1. The molecule has 2 aliphatic rings. The van der Waals surface area contributed by atoms with Gasteiger partial charge in [-0.15, -0.1) is 11.3 Å². The highest BCUT2D eigenvalue weighted by molar-refractivity contribution is 7.07. The monoisotopic (exact) mass is 542 g/mol. The zero-order chi connectivity index (χ0) is 27.1. The van der Waals surface area contributed by atoms with Crippen LogP contribution in [0.4, 0.5) is 26.3 Å². The molecule has 16 heteroatoms. The molecule has 2 N–H and O–H groups in total. The number of hydrogen-bond acceptors (Lipinski definition) is 7. The third-order valence-corrected chi connectivity index (χ3v) is 5.68. The molecule has 0 radical (unpaired) electrons. The Bertz CT molecular complexity index is 982. The van der Waals surface area contributed by atoms with Crippen LogP contribution in [0.5, 0.6) is 0 Å². The minimum Gasteiger partial charge on any atom is -0.475 e. The van der Waals surface area contributed by atoms with Crippen molar-refractivity contribution in [3.8, 4) is 0 Å². The number of carboxylic acid groups (broad SMARTS) is 2. The first-order valence-electron chi connectivity index (χ1n) is 10.1. The highest BCUT2D eigenvalue weighted by Crippen LogP contribution is 2.32. The van der Waals surface area contributed by atoms with Gasteiger partial charge in [0.2, 0.25) is 0 Å².